The van der Waals surface area contributed by atoms with Gasteiger partial charge in [0.1, 0.15) is 6.33 Å². The van der Waals surface area contributed by atoms with Gasteiger partial charge >= 0.3 is 0 Å². The van der Waals surface area contributed by atoms with Crippen LogP contribution < -0.4 is 5.32 Å². The summed E-state index contributed by atoms with van der Waals surface area (Å²) in [6.45, 7) is 2.22. The van der Waals surface area contributed by atoms with E-state index in [9.17, 15) is 4.79 Å². The zero-order chi connectivity index (χ0) is 14.5. The van der Waals surface area contributed by atoms with E-state index in [1.54, 1.807) is 18.2 Å². The van der Waals surface area contributed by atoms with Crippen molar-refractivity contribution in [3.63, 3.8) is 0 Å². The average Bonchev–Trinajstić information content (AvgIpc) is 2.98. The number of nitrogens with one attached hydrogen (secondary N) is 1. The lowest BCUT2D eigenvalue weighted by atomic mass is 10.1. The SMILES string of the molecule is CC(CO)CNC(=O)c1cc(Cl)ccc1-n1cnnn1. The molecule has 0 saturated carbocycles. The zero-order valence-electron chi connectivity index (χ0n) is 10.8. The molecule has 1 aromatic heterocycles. The van der Waals surface area contributed by atoms with E-state index in [4.69, 9.17) is 16.7 Å². The highest BCUT2D eigenvalue weighted by Gasteiger charge is 2.15. The molecule has 0 bridgehead atoms. The number of carbonyl (C=O) groups excluding carboxylic acids is 1. The molecule has 8 heteroatoms. The van der Waals surface area contributed by atoms with Crippen molar-refractivity contribution in [1.29, 1.82) is 0 Å². The Hall–Kier alpha value is -1.99. The van der Waals surface area contributed by atoms with Gasteiger partial charge < -0.3 is 10.4 Å². The van der Waals surface area contributed by atoms with Crippen LogP contribution in [0.2, 0.25) is 5.02 Å². The molecule has 7 nitrogen and oxygen atoms in total. The molecule has 0 radical (unpaired) electrons. The van der Waals surface area contributed by atoms with Crippen LogP contribution in [0.4, 0.5) is 0 Å². The zero-order valence-corrected chi connectivity index (χ0v) is 11.6. The van der Waals surface area contributed by atoms with E-state index in [-0.39, 0.29) is 18.4 Å². The maximum absolute atomic E-state index is 12.2. The molecule has 2 N–H and O–H groups in total. The Kier molecular flexibility index (Phi) is 4.65. The molecule has 1 atom stereocenters. The number of aliphatic hydroxyl groups excluding tert-OH is 1. The number of aliphatic hydroxyl groups is 1. The first-order valence-electron chi connectivity index (χ1n) is 6.03. The fourth-order valence-corrected chi connectivity index (χ4v) is 1.76. The molecule has 0 aliphatic rings. The summed E-state index contributed by atoms with van der Waals surface area (Å²) in [7, 11) is 0. The number of aromatic nitrogens is 4. The van der Waals surface area contributed by atoms with E-state index in [0.717, 1.165) is 0 Å². The van der Waals surface area contributed by atoms with Crippen molar-refractivity contribution in [1.82, 2.24) is 25.5 Å². The fraction of sp³-hybridized carbons (Fsp3) is 0.333. The van der Waals surface area contributed by atoms with Crippen molar-refractivity contribution in [2.75, 3.05) is 13.2 Å². The van der Waals surface area contributed by atoms with Gasteiger partial charge in [0.05, 0.1) is 11.3 Å². The van der Waals surface area contributed by atoms with Crippen molar-refractivity contribution in [2.24, 2.45) is 5.92 Å². The molecular weight excluding hydrogens is 282 g/mol. The molecule has 1 unspecified atom stereocenters. The standard InChI is InChI=1S/C12H14ClN5O2/c1-8(6-19)5-14-12(20)10-4-9(13)2-3-11(10)18-7-15-16-17-18/h2-4,7-8,19H,5-6H2,1H3,(H,14,20). The first-order chi connectivity index (χ1) is 9.61. The predicted molar refractivity (Wildman–Crippen MR) is 72.7 cm³/mol. The molecule has 20 heavy (non-hydrogen) atoms. The summed E-state index contributed by atoms with van der Waals surface area (Å²) >= 11 is 5.93. The number of amides is 1. The van der Waals surface area contributed by atoms with Gasteiger partial charge in [0, 0.05) is 18.2 Å². The first-order valence-corrected chi connectivity index (χ1v) is 6.41. The number of hydrogen-bond donors (Lipinski definition) is 2. The Morgan fingerprint density at radius 2 is 2.35 bits per heavy atom. The topological polar surface area (TPSA) is 92.9 Å². The van der Waals surface area contributed by atoms with E-state index >= 15 is 0 Å². The Bertz CT molecular complexity index is 588. The highest BCUT2D eigenvalue weighted by Crippen LogP contribution is 2.18. The third-order valence-corrected chi connectivity index (χ3v) is 2.96. The third-order valence-electron chi connectivity index (χ3n) is 2.72. The molecule has 0 saturated heterocycles. The van der Waals surface area contributed by atoms with Crippen molar-refractivity contribution >= 4 is 17.5 Å². The summed E-state index contributed by atoms with van der Waals surface area (Å²) in [6, 6.07) is 4.88. The number of halogens is 1. The Labute approximate surface area is 120 Å². The van der Waals surface area contributed by atoms with Gasteiger partial charge in [0.2, 0.25) is 0 Å². The van der Waals surface area contributed by atoms with Crippen LogP contribution in [-0.2, 0) is 0 Å². The summed E-state index contributed by atoms with van der Waals surface area (Å²) in [6.07, 6.45) is 1.40. The minimum atomic E-state index is -0.293. The molecule has 1 heterocycles. The normalized spacial score (nSPS) is 12.2. The van der Waals surface area contributed by atoms with Crippen molar-refractivity contribution < 1.29 is 9.90 Å². The molecule has 1 aromatic carbocycles. The van der Waals surface area contributed by atoms with E-state index < -0.39 is 0 Å². The van der Waals surface area contributed by atoms with Crippen molar-refractivity contribution in [3.05, 3.63) is 35.1 Å². The molecule has 106 valence electrons. The van der Waals surface area contributed by atoms with Gasteiger partial charge in [-0.15, -0.1) is 5.10 Å². The largest absolute Gasteiger partial charge is 0.396 e. The maximum atomic E-state index is 12.2. The number of rotatable bonds is 5. The van der Waals surface area contributed by atoms with Crippen molar-refractivity contribution in [2.45, 2.75) is 6.92 Å². The minimum absolute atomic E-state index is 0.00960. The van der Waals surface area contributed by atoms with Gasteiger partial charge in [-0.2, -0.15) is 4.68 Å². The lowest BCUT2D eigenvalue weighted by molar-refractivity contribution is 0.0942. The van der Waals surface area contributed by atoms with Crippen molar-refractivity contribution in [3.8, 4) is 5.69 Å². The highest BCUT2D eigenvalue weighted by atomic mass is 35.5. The summed E-state index contributed by atoms with van der Waals surface area (Å²) in [4.78, 5) is 12.2. The second-order valence-electron chi connectivity index (χ2n) is 4.41. The lowest BCUT2D eigenvalue weighted by Crippen LogP contribution is -2.30. The Morgan fingerprint density at radius 1 is 1.55 bits per heavy atom. The van der Waals surface area contributed by atoms with Gasteiger partial charge in [0.25, 0.3) is 5.91 Å². The van der Waals surface area contributed by atoms with Crippen LogP contribution in [0.15, 0.2) is 24.5 Å². The number of hydrogen-bond acceptors (Lipinski definition) is 5. The van der Waals surface area contributed by atoms with Crippen LogP contribution in [0.1, 0.15) is 17.3 Å². The van der Waals surface area contributed by atoms with Gasteiger partial charge in [-0.1, -0.05) is 18.5 Å². The third kappa shape index (κ3) is 3.31. The number of benzene rings is 1. The second kappa shape index (κ2) is 6.44. The molecule has 2 rings (SSSR count). The lowest BCUT2D eigenvalue weighted by Gasteiger charge is -2.12. The summed E-state index contributed by atoms with van der Waals surface area (Å²) in [5.41, 5.74) is 0.906. The van der Waals surface area contributed by atoms with Crippen LogP contribution in [-0.4, -0.2) is 44.4 Å². The summed E-state index contributed by atoms with van der Waals surface area (Å²) in [5.74, 6) is -0.312. The van der Waals surface area contributed by atoms with Gasteiger partial charge in [-0.05, 0) is 34.5 Å². The molecule has 0 fully saturated rings. The highest BCUT2D eigenvalue weighted by molar-refractivity contribution is 6.31. The second-order valence-corrected chi connectivity index (χ2v) is 4.85. The molecule has 1 amide bonds. The Morgan fingerprint density at radius 3 is 3.00 bits per heavy atom. The molecular formula is C12H14ClN5O2. The van der Waals surface area contributed by atoms with Crippen LogP contribution in [0.3, 0.4) is 0 Å². The van der Waals surface area contributed by atoms with E-state index in [2.05, 4.69) is 20.8 Å². The van der Waals surface area contributed by atoms with Crippen LogP contribution in [0.5, 0.6) is 0 Å². The monoisotopic (exact) mass is 295 g/mol. The number of carbonyl (C=O) groups is 1. The Balaban J connectivity index is 2.26. The van der Waals surface area contributed by atoms with Gasteiger partial charge in [-0.25, -0.2) is 0 Å². The average molecular weight is 296 g/mol. The van der Waals surface area contributed by atoms with E-state index in [1.165, 1.54) is 11.0 Å². The number of tetrazole rings is 1. The summed E-state index contributed by atoms with van der Waals surface area (Å²) in [5, 5.41) is 23.0. The van der Waals surface area contributed by atoms with Crippen LogP contribution in [0, 0.1) is 5.92 Å². The van der Waals surface area contributed by atoms with E-state index in [1.807, 2.05) is 6.92 Å². The molecule has 0 aliphatic heterocycles. The first kappa shape index (κ1) is 14.4. The van der Waals surface area contributed by atoms with Crippen LogP contribution in [0.25, 0.3) is 5.69 Å². The predicted octanol–water partition coefficient (Wildman–Crippen LogP) is 0.674. The molecule has 0 aliphatic carbocycles. The fourth-order valence-electron chi connectivity index (χ4n) is 1.59. The van der Waals surface area contributed by atoms with Gasteiger partial charge in [-0.3, -0.25) is 4.79 Å². The minimum Gasteiger partial charge on any atom is -0.396 e. The number of nitrogens with zero attached hydrogens (tertiary/aromatic N) is 4. The molecule has 2 aromatic rings. The van der Waals surface area contributed by atoms with Crippen LogP contribution >= 0.6 is 11.6 Å². The quantitative estimate of drug-likeness (QED) is 0.846. The summed E-state index contributed by atoms with van der Waals surface area (Å²) < 4.78 is 1.39. The smallest absolute Gasteiger partial charge is 0.253 e. The van der Waals surface area contributed by atoms with Gasteiger partial charge in [0.15, 0.2) is 0 Å². The maximum Gasteiger partial charge on any atom is 0.253 e. The van der Waals surface area contributed by atoms with E-state index in [0.29, 0.717) is 22.8 Å². The molecule has 0 spiro atoms.